The lowest BCUT2D eigenvalue weighted by atomic mass is 9.87. The van der Waals surface area contributed by atoms with E-state index in [1.165, 1.54) is 44.9 Å². The molecule has 3 nitrogen and oxygen atoms in total. The van der Waals surface area contributed by atoms with Gasteiger partial charge in [-0.05, 0) is 19.3 Å². The third kappa shape index (κ3) is 13.1. The number of hydrogen-bond acceptors (Lipinski definition) is 3. The molecule has 0 rings (SSSR count). The van der Waals surface area contributed by atoms with Crippen LogP contribution < -0.4 is 5.73 Å². The molecule has 0 saturated carbocycles. The first kappa shape index (κ1) is 21.7. The lowest BCUT2D eigenvalue weighted by Gasteiger charge is -2.28. The molecule has 0 bridgehead atoms. The van der Waals surface area contributed by atoms with Gasteiger partial charge in [0, 0.05) is 18.8 Å². The summed E-state index contributed by atoms with van der Waals surface area (Å²) in [7, 11) is 0. The second kappa shape index (κ2) is 14.8. The van der Waals surface area contributed by atoms with E-state index in [0.717, 1.165) is 12.8 Å². The molecule has 4 N–H and O–H groups in total. The first-order valence-electron chi connectivity index (χ1n) is 7.69. The van der Waals surface area contributed by atoms with Gasteiger partial charge in [-0.15, -0.1) is 17.0 Å². The van der Waals surface area contributed by atoms with Crippen LogP contribution in [0.15, 0.2) is 0 Å². The molecule has 0 radical (unpaired) electrons. The van der Waals surface area contributed by atoms with Gasteiger partial charge in [0.25, 0.3) is 0 Å². The van der Waals surface area contributed by atoms with Gasteiger partial charge in [-0.1, -0.05) is 58.3 Å². The van der Waals surface area contributed by atoms with E-state index >= 15 is 0 Å². The summed E-state index contributed by atoms with van der Waals surface area (Å²) in [5.74, 6) is 0. The summed E-state index contributed by atoms with van der Waals surface area (Å²) in [6, 6.07) is 0. The molecule has 0 aromatic heterocycles. The van der Waals surface area contributed by atoms with Gasteiger partial charge in [0.1, 0.15) is 0 Å². The van der Waals surface area contributed by atoms with Crippen LogP contribution in [-0.2, 0) is 0 Å². The van der Waals surface area contributed by atoms with Crippen molar-refractivity contribution in [3.63, 3.8) is 0 Å². The number of aliphatic hydroxyl groups excluding tert-OH is 2. The fourth-order valence-electron chi connectivity index (χ4n) is 2.43. The molecular weight excluding hydrogens is 306 g/mol. The summed E-state index contributed by atoms with van der Waals surface area (Å²) in [6.07, 6.45) is 12.5. The van der Waals surface area contributed by atoms with Gasteiger partial charge in [0.15, 0.2) is 0 Å². The second-order valence-corrected chi connectivity index (χ2v) is 5.53. The summed E-state index contributed by atoms with van der Waals surface area (Å²) < 4.78 is 0. The van der Waals surface area contributed by atoms with Crippen LogP contribution in [0.2, 0.25) is 0 Å². The largest absolute Gasteiger partial charge is 0.396 e. The van der Waals surface area contributed by atoms with Crippen molar-refractivity contribution < 1.29 is 10.2 Å². The lowest BCUT2D eigenvalue weighted by Crippen LogP contribution is -2.41. The zero-order valence-corrected chi connectivity index (χ0v) is 14.3. The van der Waals surface area contributed by atoms with E-state index < -0.39 is 0 Å². The molecule has 0 aliphatic heterocycles. The average molecular weight is 340 g/mol. The van der Waals surface area contributed by atoms with E-state index in [1.54, 1.807) is 0 Å². The molecule has 0 aromatic carbocycles. The van der Waals surface area contributed by atoms with Crippen LogP contribution in [0.25, 0.3) is 0 Å². The minimum Gasteiger partial charge on any atom is -0.396 e. The third-order valence-electron chi connectivity index (χ3n) is 3.75. The minimum atomic E-state index is -0.355. The number of hydrogen-bond donors (Lipinski definition) is 3. The molecule has 19 heavy (non-hydrogen) atoms. The van der Waals surface area contributed by atoms with E-state index in [2.05, 4.69) is 6.92 Å². The van der Waals surface area contributed by atoms with Gasteiger partial charge in [0.2, 0.25) is 0 Å². The van der Waals surface area contributed by atoms with Gasteiger partial charge in [0.05, 0.1) is 0 Å². The first-order valence-corrected chi connectivity index (χ1v) is 7.69. The smallest absolute Gasteiger partial charge is 0.0448 e. The molecule has 0 atom stereocenters. The Kier molecular flexibility index (Phi) is 16.8. The molecule has 0 heterocycles. The summed E-state index contributed by atoms with van der Waals surface area (Å²) in [6.45, 7) is 2.48. The highest BCUT2D eigenvalue weighted by Gasteiger charge is 2.22. The van der Waals surface area contributed by atoms with E-state index in [4.69, 9.17) is 15.9 Å². The summed E-state index contributed by atoms with van der Waals surface area (Å²) in [4.78, 5) is 0. The van der Waals surface area contributed by atoms with Crippen molar-refractivity contribution in [2.45, 2.75) is 83.1 Å². The van der Waals surface area contributed by atoms with E-state index in [0.29, 0.717) is 12.8 Å². The average Bonchev–Trinajstić information content (AvgIpc) is 2.33. The Labute approximate surface area is 129 Å². The summed E-state index contributed by atoms with van der Waals surface area (Å²) in [5.41, 5.74) is 5.82. The van der Waals surface area contributed by atoms with Crippen LogP contribution in [-0.4, -0.2) is 29.0 Å². The van der Waals surface area contributed by atoms with Gasteiger partial charge >= 0.3 is 0 Å². The van der Waals surface area contributed by atoms with Crippen LogP contribution in [0.3, 0.4) is 0 Å². The van der Waals surface area contributed by atoms with Crippen LogP contribution in [0.5, 0.6) is 0 Å². The van der Waals surface area contributed by atoms with Crippen molar-refractivity contribution in [3.8, 4) is 0 Å². The van der Waals surface area contributed by atoms with Crippen molar-refractivity contribution in [2.24, 2.45) is 5.73 Å². The molecule has 0 spiro atoms. The van der Waals surface area contributed by atoms with Crippen molar-refractivity contribution >= 4 is 17.0 Å². The predicted molar refractivity (Wildman–Crippen MR) is 87.9 cm³/mol. The number of nitrogens with two attached hydrogens (primary N) is 1. The monoisotopic (exact) mass is 339 g/mol. The summed E-state index contributed by atoms with van der Waals surface area (Å²) >= 11 is 0. The highest BCUT2D eigenvalue weighted by Crippen LogP contribution is 2.20. The number of aliphatic hydroxyl groups is 2. The molecule has 0 aliphatic rings. The maximum atomic E-state index is 8.99. The summed E-state index contributed by atoms with van der Waals surface area (Å²) in [5, 5.41) is 18.0. The molecule has 0 aromatic rings. The molecule has 4 heteroatoms. The van der Waals surface area contributed by atoms with Crippen LogP contribution >= 0.6 is 17.0 Å². The SMILES string of the molecule is Br.CCCCCCCCCCC(N)(CCO)CCO. The quantitative estimate of drug-likeness (QED) is 0.449. The molecule has 0 unspecified atom stereocenters. The standard InChI is InChI=1S/C15H33NO2.BrH/c1-2-3-4-5-6-7-8-9-10-15(16,11-13-17)12-14-18;/h17-18H,2-14,16H2,1H3;1H. The Morgan fingerprint density at radius 3 is 1.58 bits per heavy atom. The zero-order valence-electron chi connectivity index (χ0n) is 12.6. The van der Waals surface area contributed by atoms with Gasteiger partial charge in [-0.25, -0.2) is 0 Å². The van der Waals surface area contributed by atoms with Crippen molar-refractivity contribution in [1.82, 2.24) is 0 Å². The molecule has 0 aliphatic carbocycles. The van der Waals surface area contributed by atoms with Crippen molar-refractivity contribution in [1.29, 1.82) is 0 Å². The van der Waals surface area contributed by atoms with Gasteiger partial charge in [-0.2, -0.15) is 0 Å². The second-order valence-electron chi connectivity index (χ2n) is 5.53. The molecule has 0 saturated heterocycles. The first-order chi connectivity index (χ1) is 8.68. The van der Waals surface area contributed by atoms with Crippen molar-refractivity contribution in [3.05, 3.63) is 0 Å². The highest BCUT2D eigenvalue weighted by molar-refractivity contribution is 8.93. The Bertz CT molecular complexity index is 174. The van der Waals surface area contributed by atoms with E-state index in [1.807, 2.05) is 0 Å². The Hall–Kier alpha value is 0.360. The lowest BCUT2D eigenvalue weighted by molar-refractivity contribution is 0.183. The van der Waals surface area contributed by atoms with Gasteiger partial charge in [-0.3, -0.25) is 0 Å². The molecular formula is C15H34BrNO2. The fourth-order valence-corrected chi connectivity index (χ4v) is 2.43. The molecule has 118 valence electrons. The Morgan fingerprint density at radius 2 is 1.16 bits per heavy atom. The Morgan fingerprint density at radius 1 is 0.737 bits per heavy atom. The van der Waals surface area contributed by atoms with Crippen LogP contribution in [0.1, 0.15) is 77.6 Å². The number of unbranched alkanes of at least 4 members (excludes halogenated alkanes) is 7. The maximum absolute atomic E-state index is 8.99. The fraction of sp³-hybridized carbons (Fsp3) is 1.00. The predicted octanol–water partition coefficient (Wildman–Crippen LogP) is 3.56. The molecule has 0 fully saturated rings. The van der Waals surface area contributed by atoms with Gasteiger partial charge < -0.3 is 15.9 Å². The highest BCUT2D eigenvalue weighted by atomic mass is 79.9. The maximum Gasteiger partial charge on any atom is 0.0448 e. The molecule has 0 amide bonds. The normalized spacial score (nSPS) is 11.4. The van der Waals surface area contributed by atoms with E-state index in [-0.39, 0.29) is 35.7 Å². The zero-order chi connectivity index (χ0) is 13.7. The minimum absolute atomic E-state index is 0. The topological polar surface area (TPSA) is 66.5 Å². The Balaban J connectivity index is 0. The van der Waals surface area contributed by atoms with Crippen LogP contribution in [0.4, 0.5) is 0 Å². The van der Waals surface area contributed by atoms with Crippen molar-refractivity contribution in [2.75, 3.05) is 13.2 Å². The number of rotatable bonds is 13. The number of halogens is 1. The third-order valence-corrected chi connectivity index (χ3v) is 3.75. The van der Waals surface area contributed by atoms with E-state index in [9.17, 15) is 0 Å². The van der Waals surface area contributed by atoms with Crippen LogP contribution in [0, 0.1) is 0 Å².